The van der Waals surface area contributed by atoms with Gasteiger partial charge in [-0.15, -0.1) is 0 Å². The van der Waals surface area contributed by atoms with E-state index in [1.807, 2.05) is 12.1 Å². The molecular weight excluding hydrogens is 332 g/mol. The Hall–Kier alpha value is -3.26. The third-order valence-electron chi connectivity index (χ3n) is 5.47. The van der Waals surface area contributed by atoms with Gasteiger partial charge < -0.3 is 9.47 Å². The fraction of sp³-hybridized carbons (Fsp3) is 0.120. The Bertz CT molecular complexity index is 1190. The van der Waals surface area contributed by atoms with E-state index >= 15 is 0 Å². The molecule has 1 atom stereocenters. The molecular formula is C25H20O2. The summed E-state index contributed by atoms with van der Waals surface area (Å²) < 4.78 is 12.0. The lowest BCUT2D eigenvalue weighted by molar-refractivity contribution is 0.141. The third kappa shape index (κ3) is 2.41. The summed E-state index contributed by atoms with van der Waals surface area (Å²) in [5, 5.41) is 4.85. The summed E-state index contributed by atoms with van der Waals surface area (Å²) in [7, 11) is 1.68. The van der Waals surface area contributed by atoms with E-state index in [0.29, 0.717) is 0 Å². The predicted octanol–water partition coefficient (Wildman–Crippen LogP) is 6.32. The molecule has 0 aliphatic carbocycles. The van der Waals surface area contributed by atoms with Crippen molar-refractivity contribution in [3.63, 3.8) is 0 Å². The highest BCUT2D eigenvalue weighted by molar-refractivity contribution is 6.14. The Labute approximate surface area is 158 Å². The largest absolute Gasteiger partial charge is 0.497 e. The summed E-state index contributed by atoms with van der Waals surface area (Å²) in [6.07, 6.45) is 4.36. The topological polar surface area (TPSA) is 18.5 Å². The van der Waals surface area contributed by atoms with Crippen LogP contribution in [0.25, 0.3) is 27.6 Å². The Kier molecular flexibility index (Phi) is 3.48. The van der Waals surface area contributed by atoms with E-state index < -0.39 is 5.60 Å². The first-order valence-corrected chi connectivity index (χ1v) is 9.16. The van der Waals surface area contributed by atoms with Gasteiger partial charge in [0, 0.05) is 10.9 Å². The van der Waals surface area contributed by atoms with E-state index in [9.17, 15) is 0 Å². The maximum atomic E-state index is 6.67. The molecule has 4 aromatic carbocycles. The Balaban J connectivity index is 1.74. The van der Waals surface area contributed by atoms with E-state index in [2.05, 4.69) is 79.7 Å². The number of hydrogen-bond acceptors (Lipinski definition) is 2. The van der Waals surface area contributed by atoms with Gasteiger partial charge in [0.1, 0.15) is 17.1 Å². The molecule has 0 saturated heterocycles. The highest BCUT2D eigenvalue weighted by atomic mass is 16.5. The fourth-order valence-electron chi connectivity index (χ4n) is 3.98. The lowest BCUT2D eigenvalue weighted by atomic mass is 9.88. The molecule has 4 aromatic rings. The highest BCUT2D eigenvalue weighted by Gasteiger charge is 2.31. The first kappa shape index (κ1) is 16.0. The molecule has 0 spiro atoms. The summed E-state index contributed by atoms with van der Waals surface area (Å²) in [4.78, 5) is 0. The van der Waals surface area contributed by atoms with Crippen LogP contribution in [-0.2, 0) is 5.60 Å². The van der Waals surface area contributed by atoms with Gasteiger partial charge in [-0.05, 0) is 46.9 Å². The molecule has 1 aliphatic heterocycles. The zero-order valence-electron chi connectivity index (χ0n) is 15.4. The van der Waals surface area contributed by atoms with Gasteiger partial charge in [0.15, 0.2) is 0 Å². The Morgan fingerprint density at radius 1 is 0.741 bits per heavy atom. The van der Waals surface area contributed by atoms with Crippen molar-refractivity contribution >= 4 is 27.6 Å². The van der Waals surface area contributed by atoms with Crippen molar-refractivity contribution in [1.29, 1.82) is 0 Å². The van der Waals surface area contributed by atoms with Crippen LogP contribution in [0, 0.1) is 0 Å². The van der Waals surface area contributed by atoms with Crippen molar-refractivity contribution in [2.75, 3.05) is 7.11 Å². The summed E-state index contributed by atoms with van der Waals surface area (Å²) in [5.74, 6) is 1.80. The van der Waals surface area contributed by atoms with Crippen molar-refractivity contribution < 1.29 is 9.47 Å². The number of fused-ring (bicyclic) bond motifs is 6. The second-order valence-corrected chi connectivity index (χ2v) is 7.10. The van der Waals surface area contributed by atoms with Gasteiger partial charge in [-0.25, -0.2) is 0 Å². The zero-order chi connectivity index (χ0) is 18.4. The summed E-state index contributed by atoms with van der Waals surface area (Å²) in [5.41, 5.74) is 1.72. The molecule has 0 bridgehead atoms. The first-order chi connectivity index (χ1) is 13.2. The summed E-state index contributed by atoms with van der Waals surface area (Å²) in [6, 6.07) is 25.1. The highest BCUT2D eigenvalue weighted by Crippen LogP contribution is 2.45. The van der Waals surface area contributed by atoms with Gasteiger partial charge in [0.05, 0.1) is 7.11 Å². The minimum absolute atomic E-state index is 0.523. The monoisotopic (exact) mass is 352 g/mol. The molecule has 5 rings (SSSR count). The average Bonchev–Trinajstić information content (AvgIpc) is 2.74. The smallest absolute Gasteiger partial charge is 0.150 e. The standard InChI is InChI=1S/C25H20O2/c1-25(17-11-13-18(26-2)14-12-17)16-15-23-21-9-4-3-7-19(21)20-8-5-6-10-22(20)24(23)27-25/h3-16H,1-2H3/t25-/m0/s1. The van der Waals surface area contributed by atoms with E-state index in [1.165, 1.54) is 16.2 Å². The van der Waals surface area contributed by atoms with Crippen molar-refractivity contribution in [3.05, 3.63) is 90.0 Å². The second kappa shape index (κ2) is 5.88. The molecule has 1 aliphatic rings. The minimum atomic E-state index is -0.523. The van der Waals surface area contributed by atoms with Gasteiger partial charge >= 0.3 is 0 Å². The molecule has 132 valence electrons. The van der Waals surface area contributed by atoms with Crippen molar-refractivity contribution in [1.82, 2.24) is 0 Å². The van der Waals surface area contributed by atoms with Crippen LogP contribution >= 0.6 is 0 Å². The average molecular weight is 352 g/mol. The molecule has 0 unspecified atom stereocenters. The lowest BCUT2D eigenvalue weighted by Crippen LogP contribution is -2.29. The zero-order valence-corrected chi connectivity index (χ0v) is 15.4. The van der Waals surface area contributed by atoms with Crippen LogP contribution < -0.4 is 9.47 Å². The number of ether oxygens (including phenoxy) is 2. The van der Waals surface area contributed by atoms with Crippen LogP contribution in [0.5, 0.6) is 11.5 Å². The van der Waals surface area contributed by atoms with Gasteiger partial charge in [-0.3, -0.25) is 0 Å². The summed E-state index contributed by atoms with van der Waals surface area (Å²) >= 11 is 0. The van der Waals surface area contributed by atoms with E-state index in [-0.39, 0.29) is 0 Å². The predicted molar refractivity (Wildman–Crippen MR) is 111 cm³/mol. The van der Waals surface area contributed by atoms with E-state index in [0.717, 1.165) is 28.0 Å². The van der Waals surface area contributed by atoms with Crippen LogP contribution in [-0.4, -0.2) is 7.11 Å². The molecule has 27 heavy (non-hydrogen) atoms. The molecule has 0 radical (unpaired) electrons. The molecule has 0 amide bonds. The van der Waals surface area contributed by atoms with Gasteiger partial charge in [0.25, 0.3) is 0 Å². The van der Waals surface area contributed by atoms with Crippen LogP contribution in [0.2, 0.25) is 0 Å². The Morgan fingerprint density at radius 2 is 1.33 bits per heavy atom. The normalized spacial score (nSPS) is 18.3. The van der Waals surface area contributed by atoms with Crippen LogP contribution in [0.4, 0.5) is 0 Å². The van der Waals surface area contributed by atoms with Gasteiger partial charge in [0.2, 0.25) is 0 Å². The van der Waals surface area contributed by atoms with Crippen LogP contribution in [0.1, 0.15) is 18.1 Å². The number of methoxy groups -OCH3 is 1. The Morgan fingerprint density at radius 3 is 2.00 bits per heavy atom. The fourth-order valence-corrected chi connectivity index (χ4v) is 3.98. The van der Waals surface area contributed by atoms with Gasteiger partial charge in [-0.1, -0.05) is 66.7 Å². The van der Waals surface area contributed by atoms with Gasteiger partial charge in [-0.2, -0.15) is 0 Å². The van der Waals surface area contributed by atoms with Crippen molar-refractivity contribution in [2.24, 2.45) is 0 Å². The number of hydrogen-bond donors (Lipinski definition) is 0. The maximum absolute atomic E-state index is 6.67. The molecule has 0 fully saturated rings. The van der Waals surface area contributed by atoms with Crippen molar-refractivity contribution in [3.8, 4) is 11.5 Å². The van der Waals surface area contributed by atoms with E-state index in [4.69, 9.17) is 9.47 Å². The molecule has 1 heterocycles. The quantitative estimate of drug-likeness (QED) is 0.393. The summed E-state index contributed by atoms with van der Waals surface area (Å²) in [6.45, 7) is 2.11. The van der Waals surface area contributed by atoms with E-state index in [1.54, 1.807) is 7.11 Å². The number of benzene rings is 4. The van der Waals surface area contributed by atoms with Crippen molar-refractivity contribution in [2.45, 2.75) is 12.5 Å². The van der Waals surface area contributed by atoms with Crippen LogP contribution in [0.3, 0.4) is 0 Å². The first-order valence-electron chi connectivity index (χ1n) is 9.16. The SMILES string of the molecule is COc1ccc([C@]2(C)C=Cc3c(c4ccccc4c4ccccc34)O2)cc1. The maximum Gasteiger partial charge on any atom is 0.150 e. The lowest BCUT2D eigenvalue weighted by Gasteiger charge is -2.33. The molecule has 0 N–H and O–H groups in total. The molecule has 2 heteroatoms. The molecule has 2 nitrogen and oxygen atoms in total. The minimum Gasteiger partial charge on any atom is -0.497 e. The molecule has 0 aromatic heterocycles. The third-order valence-corrected chi connectivity index (χ3v) is 5.47. The molecule has 0 saturated carbocycles. The van der Waals surface area contributed by atoms with Crippen LogP contribution in [0.15, 0.2) is 78.9 Å². The number of rotatable bonds is 2. The second-order valence-electron chi connectivity index (χ2n) is 7.10.